The summed E-state index contributed by atoms with van der Waals surface area (Å²) in [7, 11) is 0. The lowest BCUT2D eigenvalue weighted by atomic mass is 9.93. The largest absolute Gasteiger partial charge is 0.480 e. The summed E-state index contributed by atoms with van der Waals surface area (Å²) in [6.45, 7) is -0.00341. The summed E-state index contributed by atoms with van der Waals surface area (Å²) in [5.74, 6) is -3.14. The molecule has 0 saturated carbocycles. The lowest BCUT2D eigenvalue weighted by molar-refractivity contribution is -0.485. The highest BCUT2D eigenvalue weighted by molar-refractivity contribution is 5.83. The first-order valence-electron chi connectivity index (χ1n) is 9.48. The molecule has 2 atom stereocenters. The van der Waals surface area contributed by atoms with Crippen molar-refractivity contribution in [1.29, 1.82) is 0 Å². The number of nitrogens with two attached hydrogens (primary N) is 3. The summed E-state index contributed by atoms with van der Waals surface area (Å²) in [5.41, 5.74) is 14.9. The maximum atomic E-state index is 11.9. The molecule has 0 aliphatic heterocycles. The van der Waals surface area contributed by atoms with Crippen LogP contribution in [-0.2, 0) is 14.4 Å². The number of carbonyl (C=O) groups excluding carboxylic acids is 1. The van der Waals surface area contributed by atoms with Crippen LogP contribution in [0.25, 0.3) is 0 Å². The summed E-state index contributed by atoms with van der Waals surface area (Å²) in [6.07, 6.45) is 3.15. The minimum Gasteiger partial charge on any atom is -0.480 e. The Morgan fingerprint density at radius 1 is 1.13 bits per heavy atom. The molecule has 2 unspecified atom stereocenters. The molecule has 0 heterocycles. The Morgan fingerprint density at radius 2 is 1.77 bits per heavy atom. The van der Waals surface area contributed by atoms with Crippen molar-refractivity contribution in [3.8, 4) is 0 Å². The van der Waals surface area contributed by atoms with Crippen LogP contribution in [0.4, 0.5) is 0 Å². The Kier molecular flexibility index (Phi) is 12.7. The van der Waals surface area contributed by atoms with Gasteiger partial charge in [-0.3, -0.25) is 9.59 Å². The molecule has 0 rings (SSSR count). The highest BCUT2D eigenvalue weighted by Crippen LogP contribution is 2.13. The lowest BCUT2D eigenvalue weighted by Gasteiger charge is -2.22. The number of carboxylic acid groups (broad SMARTS) is 2. The summed E-state index contributed by atoms with van der Waals surface area (Å²) < 4.78 is 0. The van der Waals surface area contributed by atoms with Gasteiger partial charge in [0.15, 0.2) is 5.03 Å². The molecular weight excluding hydrogens is 402 g/mol. The van der Waals surface area contributed by atoms with E-state index < -0.39 is 40.4 Å². The van der Waals surface area contributed by atoms with E-state index in [2.05, 4.69) is 15.7 Å². The molecule has 1 amide bonds. The molecule has 14 heteroatoms. The topological polar surface area (TPSA) is 249 Å². The average molecular weight is 433 g/mol. The number of carboxylic acids is 2. The van der Waals surface area contributed by atoms with Crippen molar-refractivity contribution in [2.75, 3.05) is 13.1 Å². The van der Waals surface area contributed by atoms with Gasteiger partial charge >= 0.3 is 11.9 Å². The molecule has 30 heavy (non-hydrogen) atoms. The number of guanidine groups is 1. The Balaban J connectivity index is 4.10. The lowest BCUT2D eigenvalue weighted by Crippen LogP contribution is -2.53. The van der Waals surface area contributed by atoms with Crippen LogP contribution in [0, 0.1) is 10.1 Å². The maximum absolute atomic E-state index is 11.9. The maximum Gasteiger partial charge on any atom is 0.326 e. The Hall–Kier alpha value is -3.00. The number of carbonyl (C=O) groups is 3. The van der Waals surface area contributed by atoms with Crippen LogP contribution in [0.2, 0.25) is 0 Å². The van der Waals surface area contributed by atoms with Crippen molar-refractivity contribution in [3.63, 3.8) is 0 Å². The molecule has 0 aromatic carbocycles. The number of unbranched alkanes of at least 4 members (excludes halogenated alkanes) is 3. The monoisotopic (exact) mass is 433 g/mol. The van der Waals surface area contributed by atoms with Gasteiger partial charge in [-0.15, -0.1) is 0 Å². The zero-order valence-electron chi connectivity index (χ0n) is 16.7. The average Bonchev–Trinajstić information content (AvgIpc) is 2.65. The molecule has 0 spiro atoms. The molecule has 0 saturated heterocycles. The molecule has 0 aliphatic rings. The van der Waals surface area contributed by atoms with Gasteiger partial charge in [-0.25, -0.2) is 14.9 Å². The first-order valence-corrected chi connectivity index (χ1v) is 9.48. The summed E-state index contributed by atoms with van der Waals surface area (Å²) in [6, 6.07) is -1.09. The molecule has 14 nitrogen and oxygen atoms in total. The van der Waals surface area contributed by atoms with Crippen molar-refractivity contribution >= 4 is 23.8 Å². The normalized spacial score (nSPS) is 14.4. The third kappa shape index (κ3) is 11.8. The predicted octanol–water partition coefficient (Wildman–Crippen LogP) is -1.49. The number of nitrogens with one attached hydrogen (secondary N) is 2. The van der Waals surface area contributed by atoms with Crippen LogP contribution in [0.1, 0.15) is 51.4 Å². The fraction of sp³-hybridized carbons (Fsp3) is 0.750. The number of aliphatic carboxylic acids is 2. The Morgan fingerprint density at radius 3 is 2.30 bits per heavy atom. The van der Waals surface area contributed by atoms with Gasteiger partial charge in [-0.05, 0) is 25.7 Å². The van der Waals surface area contributed by atoms with E-state index in [9.17, 15) is 29.6 Å². The first kappa shape index (κ1) is 27.0. The molecule has 0 aromatic heterocycles. The van der Waals surface area contributed by atoms with Gasteiger partial charge in [0.05, 0.1) is 0 Å². The number of nitrogens with zero attached hydrogens (tertiary/aromatic N) is 2. The first-order chi connectivity index (χ1) is 14.0. The minimum atomic E-state index is -1.44. The molecule has 0 bridgehead atoms. The third-order valence-electron chi connectivity index (χ3n) is 4.37. The minimum absolute atomic E-state index is 0.104. The molecule has 10 N–H and O–H groups in total. The Bertz CT molecular complexity index is 629. The van der Waals surface area contributed by atoms with Crippen LogP contribution in [0.15, 0.2) is 5.10 Å². The number of hydrazone groups is 1. The molecule has 0 aromatic rings. The number of amides is 1. The fourth-order valence-corrected chi connectivity index (χ4v) is 2.55. The highest BCUT2D eigenvalue weighted by atomic mass is 16.7. The number of hydrogen-bond acceptors (Lipinski definition) is 7. The number of rotatable bonds is 16. The quantitative estimate of drug-likeness (QED) is 0.0485. The van der Waals surface area contributed by atoms with Gasteiger partial charge in [0.25, 0.3) is 5.96 Å². The van der Waals surface area contributed by atoms with E-state index in [1.54, 1.807) is 0 Å². The van der Waals surface area contributed by atoms with Gasteiger partial charge < -0.3 is 38.0 Å². The highest BCUT2D eigenvalue weighted by Gasteiger charge is 2.31. The summed E-state index contributed by atoms with van der Waals surface area (Å²) in [4.78, 5) is 44.4. The van der Waals surface area contributed by atoms with Gasteiger partial charge in [0.1, 0.15) is 16.7 Å². The van der Waals surface area contributed by atoms with Crippen LogP contribution < -0.4 is 27.8 Å². The summed E-state index contributed by atoms with van der Waals surface area (Å²) >= 11 is 0. The second-order valence-electron chi connectivity index (χ2n) is 6.83. The van der Waals surface area contributed by atoms with Crippen molar-refractivity contribution in [1.82, 2.24) is 10.6 Å². The standard InChI is InChI=1S/C16H31N7O7/c17-10-16(19,14(27)28)8-4-2-1-3-7-12(24)21-11(13(25)26)6-5-9-20-15(18)22-23(29)30/h11H,1-10,17,19H2,(H,21,24)(H,25,26)(H,27,28)(H3,18,20,22). The van der Waals surface area contributed by atoms with Gasteiger partial charge in [-0.1, -0.05) is 19.3 Å². The van der Waals surface area contributed by atoms with E-state index in [0.29, 0.717) is 25.7 Å². The zero-order valence-corrected chi connectivity index (χ0v) is 16.7. The van der Waals surface area contributed by atoms with E-state index in [1.807, 2.05) is 0 Å². The number of nitro groups is 1. The zero-order chi connectivity index (χ0) is 23.2. The van der Waals surface area contributed by atoms with Crippen LogP contribution >= 0.6 is 0 Å². The molecule has 0 radical (unpaired) electrons. The molecule has 0 fully saturated rings. The van der Waals surface area contributed by atoms with E-state index in [0.717, 1.165) is 0 Å². The van der Waals surface area contributed by atoms with Gasteiger partial charge in [0.2, 0.25) is 5.91 Å². The molecule has 0 aliphatic carbocycles. The van der Waals surface area contributed by atoms with Crippen LogP contribution in [0.3, 0.4) is 0 Å². The SMILES string of the molecule is NCC(N)(CCCCCCC(=O)NC(CCCN/C(N)=N/[N+](=O)[O-])C(=O)O)C(=O)O. The smallest absolute Gasteiger partial charge is 0.326 e. The number of hydrogen-bond donors (Lipinski definition) is 7. The predicted molar refractivity (Wildman–Crippen MR) is 107 cm³/mol. The van der Waals surface area contributed by atoms with E-state index >= 15 is 0 Å². The van der Waals surface area contributed by atoms with Crippen molar-refractivity contribution < 1.29 is 29.6 Å². The van der Waals surface area contributed by atoms with Crippen molar-refractivity contribution in [2.24, 2.45) is 22.3 Å². The summed E-state index contributed by atoms with van der Waals surface area (Å²) in [5, 5.41) is 35.1. The van der Waals surface area contributed by atoms with Crippen molar-refractivity contribution in [3.05, 3.63) is 10.1 Å². The fourth-order valence-electron chi connectivity index (χ4n) is 2.55. The van der Waals surface area contributed by atoms with E-state index in [-0.39, 0.29) is 38.8 Å². The second-order valence-corrected chi connectivity index (χ2v) is 6.83. The van der Waals surface area contributed by atoms with Crippen molar-refractivity contribution in [2.45, 2.75) is 62.9 Å². The van der Waals surface area contributed by atoms with Crippen LogP contribution in [0.5, 0.6) is 0 Å². The second kappa shape index (κ2) is 14.1. The molecule has 172 valence electrons. The van der Waals surface area contributed by atoms with Crippen LogP contribution in [-0.4, -0.2) is 63.7 Å². The van der Waals surface area contributed by atoms with E-state index in [4.69, 9.17) is 22.3 Å². The molecular formula is C16H31N7O7. The Labute approximate surface area is 173 Å². The van der Waals surface area contributed by atoms with Gasteiger partial charge in [0, 0.05) is 19.5 Å². The van der Waals surface area contributed by atoms with E-state index in [1.165, 1.54) is 0 Å². The van der Waals surface area contributed by atoms with Gasteiger partial charge in [-0.2, -0.15) is 0 Å². The third-order valence-corrected chi connectivity index (χ3v) is 4.37.